The number of halogens is 2. The number of carbonyl (C=O) groups is 1. The molecule has 17 heavy (non-hydrogen) atoms. The van der Waals surface area contributed by atoms with Crippen LogP contribution in [0.15, 0.2) is 35.3 Å². The van der Waals surface area contributed by atoms with Gasteiger partial charge in [-0.3, -0.25) is 4.79 Å². The van der Waals surface area contributed by atoms with E-state index in [1.54, 1.807) is 12.1 Å². The number of rotatable bonds is 6. The smallest absolute Gasteiger partial charge is 0.230 e. The Morgan fingerprint density at radius 2 is 2.35 bits per heavy atom. The number of hydrogen-bond acceptors (Lipinski definition) is 2. The highest BCUT2D eigenvalue weighted by atomic mass is 79.9. The largest absolute Gasteiger partial charge is 0.352 e. The van der Waals surface area contributed by atoms with E-state index in [0.717, 1.165) is 10.0 Å². The summed E-state index contributed by atoms with van der Waals surface area (Å²) in [5, 5.41) is 2.69. The molecule has 1 amide bonds. The fourth-order valence-corrected chi connectivity index (χ4v) is 2.67. The first kappa shape index (κ1) is 14.3. The van der Waals surface area contributed by atoms with Crippen LogP contribution in [-0.4, -0.2) is 18.2 Å². The van der Waals surface area contributed by atoms with Crippen LogP contribution in [0.2, 0.25) is 0 Å². The average molecular weight is 318 g/mol. The number of benzene rings is 1. The Balaban J connectivity index is 2.35. The first-order valence-electron chi connectivity index (χ1n) is 5.02. The summed E-state index contributed by atoms with van der Waals surface area (Å²) >= 11 is 4.78. The van der Waals surface area contributed by atoms with E-state index in [-0.39, 0.29) is 11.7 Å². The molecule has 0 saturated carbocycles. The molecule has 0 aliphatic carbocycles. The van der Waals surface area contributed by atoms with E-state index in [1.807, 2.05) is 0 Å². The van der Waals surface area contributed by atoms with Crippen LogP contribution in [0.4, 0.5) is 4.39 Å². The van der Waals surface area contributed by atoms with Crippen molar-refractivity contribution in [3.05, 3.63) is 46.7 Å². The summed E-state index contributed by atoms with van der Waals surface area (Å²) in [6, 6.07) is 4.56. The molecule has 5 heteroatoms. The van der Waals surface area contributed by atoms with Crippen molar-refractivity contribution in [3.8, 4) is 0 Å². The Morgan fingerprint density at radius 1 is 1.59 bits per heavy atom. The van der Waals surface area contributed by atoms with Crippen LogP contribution in [0, 0.1) is 5.82 Å². The normalized spacial score (nSPS) is 10.0. The van der Waals surface area contributed by atoms with Crippen molar-refractivity contribution in [1.82, 2.24) is 5.32 Å². The highest BCUT2D eigenvalue weighted by Crippen LogP contribution is 2.22. The van der Waals surface area contributed by atoms with Crippen molar-refractivity contribution in [2.75, 3.05) is 12.3 Å². The van der Waals surface area contributed by atoms with E-state index < -0.39 is 0 Å². The zero-order valence-corrected chi connectivity index (χ0v) is 11.6. The van der Waals surface area contributed by atoms with E-state index in [9.17, 15) is 9.18 Å². The van der Waals surface area contributed by atoms with E-state index >= 15 is 0 Å². The fourth-order valence-electron chi connectivity index (χ4n) is 1.13. The fraction of sp³-hybridized carbons (Fsp3) is 0.250. The van der Waals surface area contributed by atoms with Crippen molar-refractivity contribution < 1.29 is 9.18 Å². The van der Waals surface area contributed by atoms with Gasteiger partial charge in [0, 0.05) is 16.8 Å². The zero-order chi connectivity index (χ0) is 12.7. The molecule has 2 nitrogen and oxygen atoms in total. The van der Waals surface area contributed by atoms with Crippen LogP contribution in [-0.2, 0) is 10.5 Å². The third kappa shape index (κ3) is 5.37. The third-order valence-electron chi connectivity index (χ3n) is 1.95. The Bertz CT molecular complexity index is 411. The van der Waals surface area contributed by atoms with E-state index in [2.05, 4.69) is 27.8 Å². The molecule has 1 aromatic carbocycles. The van der Waals surface area contributed by atoms with Gasteiger partial charge in [-0.1, -0.05) is 28.1 Å². The summed E-state index contributed by atoms with van der Waals surface area (Å²) in [5.74, 6) is 0.766. The van der Waals surface area contributed by atoms with Crippen molar-refractivity contribution in [3.63, 3.8) is 0 Å². The van der Waals surface area contributed by atoms with Gasteiger partial charge in [0.25, 0.3) is 0 Å². The van der Waals surface area contributed by atoms with Crippen molar-refractivity contribution in [2.24, 2.45) is 0 Å². The zero-order valence-electron chi connectivity index (χ0n) is 9.21. The maximum absolute atomic E-state index is 12.8. The lowest BCUT2D eigenvalue weighted by molar-refractivity contribution is -0.118. The minimum atomic E-state index is -0.269. The molecule has 0 spiro atoms. The predicted octanol–water partition coefficient (Wildman–Crippen LogP) is 3.12. The molecule has 0 saturated heterocycles. The minimum absolute atomic E-state index is 0.0202. The first-order chi connectivity index (χ1) is 8.13. The number of thioether (sulfide) groups is 1. The predicted molar refractivity (Wildman–Crippen MR) is 73.5 cm³/mol. The van der Waals surface area contributed by atoms with Crippen molar-refractivity contribution in [2.45, 2.75) is 5.75 Å². The SMILES string of the molecule is C=CCNC(=O)CSCc1ccc(F)cc1Br. The lowest BCUT2D eigenvalue weighted by atomic mass is 10.2. The molecule has 0 aliphatic heterocycles. The minimum Gasteiger partial charge on any atom is -0.352 e. The lowest BCUT2D eigenvalue weighted by Gasteiger charge is -2.05. The molecule has 0 fully saturated rings. The van der Waals surface area contributed by atoms with Gasteiger partial charge in [0.05, 0.1) is 5.75 Å². The molecule has 0 atom stereocenters. The van der Waals surface area contributed by atoms with Gasteiger partial charge in [-0.25, -0.2) is 4.39 Å². The summed E-state index contributed by atoms with van der Waals surface area (Å²) in [6.07, 6.45) is 1.64. The van der Waals surface area contributed by atoms with E-state index in [0.29, 0.717) is 18.1 Å². The number of amides is 1. The quantitative estimate of drug-likeness (QED) is 0.817. The molecule has 1 aromatic rings. The summed E-state index contributed by atoms with van der Waals surface area (Å²) in [5.41, 5.74) is 0.980. The maximum atomic E-state index is 12.8. The summed E-state index contributed by atoms with van der Waals surface area (Å²) < 4.78 is 13.6. The maximum Gasteiger partial charge on any atom is 0.230 e. The number of carbonyl (C=O) groups excluding carboxylic acids is 1. The molecule has 0 aliphatic rings. The Kier molecular flexibility index (Phi) is 6.29. The molecule has 92 valence electrons. The van der Waals surface area contributed by atoms with Crippen LogP contribution in [0.3, 0.4) is 0 Å². The lowest BCUT2D eigenvalue weighted by Crippen LogP contribution is -2.24. The third-order valence-corrected chi connectivity index (χ3v) is 3.67. The molecule has 1 N–H and O–H groups in total. The van der Waals surface area contributed by atoms with Gasteiger partial charge >= 0.3 is 0 Å². The molecule has 0 bridgehead atoms. The van der Waals surface area contributed by atoms with Gasteiger partial charge in [-0.2, -0.15) is 0 Å². The van der Waals surface area contributed by atoms with E-state index in [4.69, 9.17) is 0 Å². The number of hydrogen-bond donors (Lipinski definition) is 1. The summed E-state index contributed by atoms with van der Waals surface area (Å²) in [6.45, 7) is 4.00. The van der Waals surface area contributed by atoms with Crippen LogP contribution in [0.5, 0.6) is 0 Å². The number of nitrogens with one attached hydrogen (secondary N) is 1. The molecule has 1 rings (SSSR count). The second kappa shape index (κ2) is 7.50. The molecule has 0 aromatic heterocycles. The van der Waals surface area contributed by atoms with Crippen LogP contribution in [0.25, 0.3) is 0 Å². The van der Waals surface area contributed by atoms with Crippen LogP contribution >= 0.6 is 27.7 Å². The topological polar surface area (TPSA) is 29.1 Å². The van der Waals surface area contributed by atoms with Crippen LogP contribution < -0.4 is 5.32 Å². The van der Waals surface area contributed by atoms with Crippen molar-refractivity contribution >= 4 is 33.6 Å². The highest BCUT2D eigenvalue weighted by molar-refractivity contribution is 9.10. The van der Waals surface area contributed by atoms with Crippen molar-refractivity contribution in [1.29, 1.82) is 0 Å². The summed E-state index contributed by atoms with van der Waals surface area (Å²) in [4.78, 5) is 11.3. The van der Waals surface area contributed by atoms with Gasteiger partial charge in [0.1, 0.15) is 5.82 Å². The average Bonchev–Trinajstić information content (AvgIpc) is 2.29. The molecular formula is C12H13BrFNOS. The second-order valence-electron chi connectivity index (χ2n) is 3.32. The Morgan fingerprint density at radius 3 is 3.00 bits per heavy atom. The van der Waals surface area contributed by atoms with Gasteiger partial charge in [-0.15, -0.1) is 18.3 Å². The molecular weight excluding hydrogens is 305 g/mol. The highest BCUT2D eigenvalue weighted by Gasteiger charge is 2.04. The molecule has 0 unspecified atom stereocenters. The summed E-state index contributed by atoms with van der Waals surface area (Å²) in [7, 11) is 0. The van der Waals surface area contributed by atoms with Gasteiger partial charge in [-0.05, 0) is 17.7 Å². The Labute approximate surface area is 113 Å². The van der Waals surface area contributed by atoms with Gasteiger partial charge < -0.3 is 5.32 Å². The molecule has 0 heterocycles. The van der Waals surface area contributed by atoms with Gasteiger partial charge in [0.2, 0.25) is 5.91 Å². The monoisotopic (exact) mass is 317 g/mol. The van der Waals surface area contributed by atoms with Crippen LogP contribution in [0.1, 0.15) is 5.56 Å². The molecule has 0 radical (unpaired) electrons. The second-order valence-corrected chi connectivity index (χ2v) is 5.16. The Hall–Kier alpha value is -0.810. The first-order valence-corrected chi connectivity index (χ1v) is 6.97. The standard InChI is InChI=1S/C12H13BrFNOS/c1-2-5-15-12(16)8-17-7-9-3-4-10(14)6-11(9)13/h2-4,6H,1,5,7-8H2,(H,15,16). The van der Waals surface area contributed by atoms with E-state index in [1.165, 1.54) is 23.9 Å². The van der Waals surface area contributed by atoms with Gasteiger partial charge in [0.15, 0.2) is 0 Å².